The molecule has 0 amide bonds. The quantitative estimate of drug-likeness (QED) is 0.905. The van der Waals surface area contributed by atoms with Gasteiger partial charge in [-0.2, -0.15) is 0 Å². The van der Waals surface area contributed by atoms with Gasteiger partial charge in [0.25, 0.3) is 0 Å². The van der Waals surface area contributed by atoms with Crippen LogP contribution < -0.4 is 15.2 Å². The van der Waals surface area contributed by atoms with Gasteiger partial charge in [0.15, 0.2) is 11.5 Å². The van der Waals surface area contributed by atoms with Gasteiger partial charge in [0.05, 0.1) is 18.2 Å². The van der Waals surface area contributed by atoms with Crippen molar-refractivity contribution in [2.24, 2.45) is 11.1 Å². The van der Waals surface area contributed by atoms with Gasteiger partial charge in [-0.15, -0.1) is 0 Å². The fourth-order valence-electron chi connectivity index (χ4n) is 2.85. The highest BCUT2D eigenvalue weighted by Gasteiger charge is 2.47. The molecule has 0 aromatic heterocycles. The Morgan fingerprint density at radius 3 is 2.47 bits per heavy atom. The van der Waals surface area contributed by atoms with E-state index in [0.717, 1.165) is 31.8 Å². The molecule has 102 valence electrons. The minimum atomic E-state index is 0.131. The summed E-state index contributed by atoms with van der Waals surface area (Å²) in [5, 5.41) is 0.657. The lowest BCUT2D eigenvalue weighted by molar-refractivity contribution is 0.197. The van der Waals surface area contributed by atoms with Crippen molar-refractivity contribution >= 4 is 11.6 Å². The second kappa shape index (κ2) is 3.80. The van der Waals surface area contributed by atoms with Gasteiger partial charge in [0.1, 0.15) is 0 Å². The molecule has 4 heteroatoms. The van der Waals surface area contributed by atoms with E-state index in [1.807, 2.05) is 6.07 Å². The number of rotatable bonds is 2. The molecular weight excluding hydrogens is 262 g/mol. The Kier molecular flexibility index (Phi) is 2.37. The van der Waals surface area contributed by atoms with Crippen LogP contribution in [0.15, 0.2) is 12.1 Å². The third kappa shape index (κ3) is 1.83. The lowest BCUT2D eigenvalue weighted by Gasteiger charge is -2.17. The molecule has 0 atom stereocenters. The number of fused-ring (bicyclic) bond motifs is 1. The summed E-state index contributed by atoms with van der Waals surface area (Å²) in [4.78, 5) is 0. The van der Waals surface area contributed by atoms with Crippen LogP contribution in [0.4, 0.5) is 0 Å². The SMILES string of the molecule is NCC1(c2cc(Cl)c3c(c2)OCC2(CC2)CO3)CC1. The van der Waals surface area contributed by atoms with E-state index in [0.29, 0.717) is 17.3 Å². The minimum absolute atomic E-state index is 0.131. The van der Waals surface area contributed by atoms with Crippen LogP contribution in [-0.2, 0) is 5.41 Å². The Bertz CT molecular complexity index is 535. The van der Waals surface area contributed by atoms with E-state index in [1.165, 1.54) is 18.4 Å². The summed E-state index contributed by atoms with van der Waals surface area (Å²) in [5.74, 6) is 1.51. The fraction of sp³-hybridized carbons (Fsp3) is 0.600. The molecule has 2 N–H and O–H groups in total. The van der Waals surface area contributed by atoms with E-state index in [9.17, 15) is 0 Å². The van der Waals surface area contributed by atoms with E-state index in [-0.39, 0.29) is 10.8 Å². The molecule has 3 nitrogen and oxygen atoms in total. The highest BCUT2D eigenvalue weighted by atomic mass is 35.5. The Labute approximate surface area is 118 Å². The van der Waals surface area contributed by atoms with Crippen molar-refractivity contribution in [3.05, 3.63) is 22.7 Å². The molecule has 2 aliphatic carbocycles. The van der Waals surface area contributed by atoms with Crippen molar-refractivity contribution in [1.82, 2.24) is 0 Å². The lowest BCUT2D eigenvalue weighted by Crippen LogP contribution is -2.19. The normalized spacial score (nSPS) is 24.9. The fourth-order valence-corrected chi connectivity index (χ4v) is 3.11. The Morgan fingerprint density at radius 1 is 1.11 bits per heavy atom. The van der Waals surface area contributed by atoms with E-state index >= 15 is 0 Å². The molecule has 1 aromatic rings. The lowest BCUT2D eigenvalue weighted by atomic mass is 9.96. The molecule has 0 unspecified atom stereocenters. The number of benzene rings is 1. The second-order valence-corrected chi connectivity index (χ2v) is 6.75. The molecule has 4 rings (SSSR count). The van der Waals surface area contributed by atoms with Crippen molar-refractivity contribution in [3.63, 3.8) is 0 Å². The number of halogens is 1. The van der Waals surface area contributed by atoms with Crippen LogP contribution in [0.1, 0.15) is 31.2 Å². The zero-order chi connectivity index (χ0) is 13.1. The van der Waals surface area contributed by atoms with E-state index in [1.54, 1.807) is 0 Å². The Morgan fingerprint density at radius 2 is 1.84 bits per heavy atom. The maximum absolute atomic E-state index is 6.38. The third-order valence-electron chi connectivity index (χ3n) is 4.88. The van der Waals surface area contributed by atoms with Gasteiger partial charge in [-0.25, -0.2) is 0 Å². The average molecular weight is 280 g/mol. The third-order valence-corrected chi connectivity index (χ3v) is 5.16. The second-order valence-electron chi connectivity index (χ2n) is 6.35. The maximum Gasteiger partial charge on any atom is 0.179 e. The van der Waals surface area contributed by atoms with Gasteiger partial charge >= 0.3 is 0 Å². The largest absolute Gasteiger partial charge is 0.489 e. The Balaban J connectivity index is 1.72. The molecule has 1 aromatic carbocycles. The van der Waals surface area contributed by atoms with Crippen LogP contribution in [0.3, 0.4) is 0 Å². The standard InChI is InChI=1S/C15H18ClNO2/c16-11-5-10(15(7-17)3-4-15)6-12-13(11)19-9-14(1-2-14)8-18-12/h5-6H,1-4,7-9,17H2. The van der Waals surface area contributed by atoms with Crippen LogP contribution in [0.2, 0.25) is 5.02 Å². The molecule has 1 heterocycles. The van der Waals surface area contributed by atoms with E-state index in [4.69, 9.17) is 26.8 Å². The Hall–Kier alpha value is -0.930. The molecule has 2 saturated carbocycles. The van der Waals surface area contributed by atoms with Crippen LogP contribution in [0, 0.1) is 5.41 Å². The van der Waals surface area contributed by atoms with Crippen molar-refractivity contribution in [1.29, 1.82) is 0 Å². The molecule has 2 fully saturated rings. The van der Waals surface area contributed by atoms with Crippen molar-refractivity contribution in [2.45, 2.75) is 31.1 Å². The molecule has 19 heavy (non-hydrogen) atoms. The minimum Gasteiger partial charge on any atom is -0.489 e. The molecule has 0 radical (unpaired) electrons. The van der Waals surface area contributed by atoms with Crippen molar-refractivity contribution in [3.8, 4) is 11.5 Å². The average Bonchev–Trinajstić information content (AvgIpc) is 3.30. The summed E-state index contributed by atoms with van der Waals surface area (Å²) >= 11 is 6.38. The number of hydrogen-bond donors (Lipinski definition) is 1. The van der Waals surface area contributed by atoms with Gasteiger partial charge in [0, 0.05) is 17.4 Å². The molecule has 3 aliphatic rings. The van der Waals surface area contributed by atoms with Gasteiger partial charge in [-0.05, 0) is 43.4 Å². The first-order chi connectivity index (χ1) is 9.16. The predicted octanol–water partition coefficient (Wildman–Crippen LogP) is 2.88. The zero-order valence-electron chi connectivity index (χ0n) is 10.9. The summed E-state index contributed by atoms with van der Waals surface area (Å²) in [6.45, 7) is 2.14. The van der Waals surface area contributed by atoms with Crippen LogP contribution in [0.5, 0.6) is 11.5 Å². The highest BCUT2D eigenvalue weighted by molar-refractivity contribution is 6.32. The zero-order valence-corrected chi connectivity index (χ0v) is 11.6. The summed E-state index contributed by atoms with van der Waals surface area (Å²) in [6.07, 6.45) is 4.67. The van der Waals surface area contributed by atoms with Crippen molar-refractivity contribution in [2.75, 3.05) is 19.8 Å². The molecule has 0 bridgehead atoms. The first kappa shape index (κ1) is 11.9. The van der Waals surface area contributed by atoms with Crippen LogP contribution in [-0.4, -0.2) is 19.8 Å². The van der Waals surface area contributed by atoms with E-state index < -0.39 is 0 Å². The van der Waals surface area contributed by atoms with Crippen LogP contribution >= 0.6 is 11.6 Å². The maximum atomic E-state index is 6.38. The number of ether oxygens (including phenoxy) is 2. The van der Waals surface area contributed by atoms with Gasteiger partial charge in [-0.3, -0.25) is 0 Å². The summed E-state index contributed by atoms with van der Waals surface area (Å²) in [5.41, 5.74) is 7.47. The predicted molar refractivity (Wildman–Crippen MR) is 74.1 cm³/mol. The van der Waals surface area contributed by atoms with Gasteiger partial charge in [-0.1, -0.05) is 11.6 Å². The van der Waals surface area contributed by atoms with Crippen molar-refractivity contribution < 1.29 is 9.47 Å². The molecule has 0 saturated heterocycles. The monoisotopic (exact) mass is 279 g/mol. The first-order valence-electron chi connectivity index (χ1n) is 6.96. The molecule has 1 aliphatic heterocycles. The number of hydrogen-bond acceptors (Lipinski definition) is 3. The first-order valence-corrected chi connectivity index (χ1v) is 7.34. The highest BCUT2D eigenvalue weighted by Crippen LogP contribution is 2.53. The molecule has 1 spiro atoms. The van der Waals surface area contributed by atoms with Gasteiger partial charge < -0.3 is 15.2 Å². The number of nitrogens with two attached hydrogens (primary N) is 1. The topological polar surface area (TPSA) is 44.5 Å². The smallest absolute Gasteiger partial charge is 0.179 e. The van der Waals surface area contributed by atoms with E-state index in [2.05, 4.69) is 6.07 Å². The summed E-state index contributed by atoms with van der Waals surface area (Å²) < 4.78 is 11.9. The van der Waals surface area contributed by atoms with Crippen LogP contribution in [0.25, 0.3) is 0 Å². The molecular formula is C15H18ClNO2. The summed E-state index contributed by atoms with van der Waals surface area (Å²) in [7, 11) is 0. The summed E-state index contributed by atoms with van der Waals surface area (Å²) in [6, 6.07) is 4.09. The van der Waals surface area contributed by atoms with Gasteiger partial charge in [0.2, 0.25) is 0 Å².